The van der Waals surface area contributed by atoms with Gasteiger partial charge in [-0.15, -0.1) is 0 Å². The van der Waals surface area contributed by atoms with Gasteiger partial charge in [0.25, 0.3) is 0 Å². The highest BCUT2D eigenvalue weighted by atomic mass is 15.1. The summed E-state index contributed by atoms with van der Waals surface area (Å²) >= 11 is 0. The van der Waals surface area contributed by atoms with E-state index in [0.29, 0.717) is 0 Å². The van der Waals surface area contributed by atoms with E-state index in [1.165, 1.54) is 32.4 Å². The van der Waals surface area contributed by atoms with E-state index in [1.807, 2.05) is 0 Å². The lowest BCUT2D eigenvalue weighted by molar-refractivity contribution is 0.146. The fourth-order valence-electron chi connectivity index (χ4n) is 1.99. The minimum Gasteiger partial charge on any atom is -0.330 e. The van der Waals surface area contributed by atoms with Gasteiger partial charge in [-0.3, -0.25) is 0 Å². The van der Waals surface area contributed by atoms with Crippen LogP contribution in [0.15, 0.2) is 0 Å². The molecule has 0 amide bonds. The summed E-state index contributed by atoms with van der Waals surface area (Å²) in [6, 6.07) is 0.726. The van der Waals surface area contributed by atoms with Crippen LogP contribution in [0, 0.1) is 5.92 Å². The van der Waals surface area contributed by atoms with Crippen LogP contribution >= 0.6 is 0 Å². The number of piperidine rings is 1. The first kappa shape index (κ1) is 10.0. The van der Waals surface area contributed by atoms with Crippen molar-refractivity contribution in [3.63, 3.8) is 0 Å². The fraction of sp³-hybridized carbons (Fsp3) is 1.00. The zero-order chi connectivity index (χ0) is 8.97. The minimum absolute atomic E-state index is 0.726. The number of hydrogen-bond acceptors (Lipinski definition) is 2. The van der Waals surface area contributed by atoms with Crippen molar-refractivity contribution in [2.24, 2.45) is 11.7 Å². The van der Waals surface area contributed by atoms with Gasteiger partial charge in [-0.05, 0) is 58.7 Å². The molecule has 1 rings (SSSR count). The van der Waals surface area contributed by atoms with E-state index in [2.05, 4.69) is 18.7 Å². The van der Waals surface area contributed by atoms with Gasteiger partial charge in [0, 0.05) is 6.04 Å². The van der Waals surface area contributed by atoms with Gasteiger partial charge in [-0.2, -0.15) is 0 Å². The summed E-state index contributed by atoms with van der Waals surface area (Å²) in [5.74, 6) is 0.907. The largest absolute Gasteiger partial charge is 0.330 e. The van der Waals surface area contributed by atoms with E-state index in [0.717, 1.165) is 18.5 Å². The van der Waals surface area contributed by atoms with E-state index in [9.17, 15) is 0 Å². The molecule has 0 aromatic rings. The standard InChI is InChI=1S/C10H22N2/c1-9(2)12-7-4-10(3-6-11)5-8-12/h9-10H,3-8,11H2,1-2H3. The second-order valence-electron chi connectivity index (χ2n) is 4.15. The van der Waals surface area contributed by atoms with Crippen LogP contribution in [-0.2, 0) is 0 Å². The molecule has 1 fully saturated rings. The maximum absolute atomic E-state index is 5.54. The Morgan fingerprint density at radius 3 is 2.33 bits per heavy atom. The van der Waals surface area contributed by atoms with E-state index in [4.69, 9.17) is 5.73 Å². The number of hydrogen-bond donors (Lipinski definition) is 1. The molecule has 1 saturated heterocycles. The molecule has 1 heterocycles. The molecule has 0 saturated carbocycles. The van der Waals surface area contributed by atoms with Crippen molar-refractivity contribution in [3.05, 3.63) is 0 Å². The summed E-state index contributed by atoms with van der Waals surface area (Å²) in [5, 5.41) is 0. The first-order valence-electron chi connectivity index (χ1n) is 5.18. The summed E-state index contributed by atoms with van der Waals surface area (Å²) in [4.78, 5) is 2.56. The highest BCUT2D eigenvalue weighted by molar-refractivity contribution is 4.74. The molecular weight excluding hydrogens is 148 g/mol. The Balaban J connectivity index is 2.20. The normalized spacial score (nSPS) is 22.0. The van der Waals surface area contributed by atoms with Crippen molar-refractivity contribution >= 4 is 0 Å². The number of rotatable bonds is 3. The van der Waals surface area contributed by atoms with Crippen LogP contribution in [0.3, 0.4) is 0 Å². The molecule has 0 radical (unpaired) electrons. The van der Waals surface area contributed by atoms with Crippen molar-refractivity contribution in [3.8, 4) is 0 Å². The van der Waals surface area contributed by atoms with Crippen LogP contribution in [0.25, 0.3) is 0 Å². The Kier molecular flexibility index (Phi) is 4.02. The molecular formula is C10H22N2. The predicted octanol–water partition coefficient (Wildman–Crippen LogP) is 1.46. The summed E-state index contributed by atoms with van der Waals surface area (Å²) in [5.41, 5.74) is 5.54. The number of nitrogens with two attached hydrogens (primary N) is 1. The van der Waals surface area contributed by atoms with Crippen LogP contribution in [0.1, 0.15) is 33.1 Å². The molecule has 0 atom stereocenters. The van der Waals surface area contributed by atoms with Crippen LogP contribution in [-0.4, -0.2) is 30.6 Å². The Morgan fingerprint density at radius 2 is 1.92 bits per heavy atom. The first-order chi connectivity index (χ1) is 5.74. The van der Waals surface area contributed by atoms with Gasteiger partial charge in [-0.1, -0.05) is 0 Å². The summed E-state index contributed by atoms with van der Waals surface area (Å²) < 4.78 is 0. The van der Waals surface area contributed by atoms with Gasteiger partial charge in [0.05, 0.1) is 0 Å². The van der Waals surface area contributed by atoms with Crippen molar-refractivity contribution in [2.75, 3.05) is 19.6 Å². The highest BCUT2D eigenvalue weighted by Gasteiger charge is 2.19. The molecule has 2 nitrogen and oxygen atoms in total. The Hall–Kier alpha value is -0.0800. The summed E-state index contributed by atoms with van der Waals surface area (Å²) in [6.45, 7) is 7.99. The molecule has 0 bridgehead atoms. The third-order valence-electron chi connectivity index (χ3n) is 2.95. The average Bonchev–Trinajstić information content (AvgIpc) is 2.06. The lowest BCUT2D eigenvalue weighted by Gasteiger charge is -2.34. The third kappa shape index (κ3) is 2.76. The summed E-state index contributed by atoms with van der Waals surface area (Å²) in [6.07, 6.45) is 3.94. The van der Waals surface area contributed by atoms with E-state index < -0.39 is 0 Å². The van der Waals surface area contributed by atoms with E-state index in [1.54, 1.807) is 0 Å². The van der Waals surface area contributed by atoms with Gasteiger partial charge in [0.2, 0.25) is 0 Å². The van der Waals surface area contributed by atoms with Crippen LogP contribution in [0.4, 0.5) is 0 Å². The topological polar surface area (TPSA) is 29.3 Å². The number of nitrogens with zero attached hydrogens (tertiary/aromatic N) is 1. The van der Waals surface area contributed by atoms with Gasteiger partial charge in [-0.25, -0.2) is 0 Å². The van der Waals surface area contributed by atoms with Crippen LogP contribution < -0.4 is 5.73 Å². The molecule has 2 N–H and O–H groups in total. The molecule has 12 heavy (non-hydrogen) atoms. The molecule has 0 aliphatic carbocycles. The predicted molar refractivity (Wildman–Crippen MR) is 53.1 cm³/mol. The van der Waals surface area contributed by atoms with Crippen molar-refractivity contribution in [2.45, 2.75) is 39.2 Å². The van der Waals surface area contributed by atoms with Gasteiger partial charge in [0.1, 0.15) is 0 Å². The SMILES string of the molecule is CC(C)N1CCC(CCN)CC1. The molecule has 0 spiro atoms. The van der Waals surface area contributed by atoms with Crippen molar-refractivity contribution in [1.82, 2.24) is 4.90 Å². The Bertz CT molecular complexity index is 115. The molecule has 1 aliphatic heterocycles. The van der Waals surface area contributed by atoms with E-state index >= 15 is 0 Å². The smallest absolute Gasteiger partial charge is 0.00385 e. The average molecular weight is 170 g/mol. The lowest BCUT2D eigenvalue weighted by atomic mass is 9.93. The Morgan fingerprint density at radius 1 is 1.33 bits per heavy atom. The lowest BCUT2D eigenvalue weighted by Crippen LogP contribution is -2.38. The molecule has 1 aliphatic rings. The maximum Gasteiger partial charge on any atom is 0.00385 e. The Labute approximate surface area is 76.1 Å². The van der Waals surface area contributed by atoms with Gasteiger partial charge >= 0.3 is 0 Å². The monoisotopic (exact) mass is 170 g/mol. The summed E-state index contributed by atoms with van der Waals surface area (Å²) in [7, 11) is 0. The molecule has 72 valence electrons. The molecule has 0 aromatic carbocycles. The minimum atomic E-state index is 0.726. The molecule has 2 heteroatoms. The van der Waals surface area contributed by atoms with Crippen LogP contribution in [0.2, 0.25) is 0 Å². The van der Waals surface area contributed by atoms with Crippen molar-refractivity contribution in [1.29, 1.82) is 0 Å². The van der Waals surface area contributed by atoms with Crippen LogP contribution in [0.5, 0.6) is 0 Å². The van der Waals surface area contributed by atoms with E-state index in [-0.39, 0.29) is 0 Å². The van der Waals surface area contributed by atoms with Gasteiger partial charge < -0.3 is 10.6 Å². The van der Waals surface area contributed by atoms with Gasteiger partial charge in [0.15, 0.2) is 0 Å². The molecule has 0 unspecified atom stereocenters. The quantitative estimate of drug-likeness (QED) is 0.694. The second-order valence-corrected chi connectivity index (χ2v) is 4.15. The fourth-order valence-corrected chi connectivity index (χ4v) is 1.99. The highest BCUT2D eigenvalue weighted by Crippen LogP contribution is 2.20. The second kappa shape index (κ2) is 4.83. The first-order valence-corrected chi connectivity index (χ1v) is 5.18. The maximum atomic E-state index is 5.54. The molecule has 0 aromatic heterocycles. The zero-order valence-electron chi connectivity index (χ0n) is 8.42. The third-order valence-corrected chi connectivity index (χ3v) is 2.95. The zero-order valence-corrected chi connectivity index (χ0v) is 8.42. The number of likely N-dealkylation sites (tertiary alicyclic amines) is 1. The van der Waals surface area contributed by atoms with Crippen molar-refractivity contribution < 1.29 is 0 Å².